The van der Waals surface area contributed by atoms with E-state index in [1.54, 1.807) is 25.3 Å². The third-order valence-electron chi connectivity index (χ3n) is 1.35. The fourth-order valence-electron chi connectivity index (χ4n) is 0.800. The Morgan fingerprint density at radius 3 is 2.86 bits per heavy atom. The highest BCUT2D eigenvalue weighted by Gasteiger charge is 2.08. The second kappa shape index (κ2) is 5.21. The van der Waals surface area contributed by atoms with Crippen LogP contribution in [0.15, 0.2) is 16.7 Å². The van der Waals surface area contributed by atoms with Crippen LogP contribution in [0.2, 0.25) is 0 Å². The minimum absolute atomic E-state index is 0.396. The van der Waals surface area contributed by atoms with Crippen molar-refractivity contribution < 1.29 is 13.7 Å². The lowest BCUT2D eigenvalue weighted by Gasteiger charge is -2.05. The fourth-order valence-corrected chi connectivity index (χ4v) is 1.37. The summed E-state index contributed by atoms with van der Waals surface area (Å²) in [6, 6.07) is 3.34. The standard InChI is InChI=1S/C8H8BrNO3S/c1-5-6(3-4-7(9)10-5)12-8(11)13-14-2/h3-4H,1-2H3. The normalized spacial score (nSPS) is 9.64. The monoisotopic (exact) mass is 277 g/mol. The SMILES string of the molecule is CSOC(=O)Oc1ccc(Br)nc1C. The Bertz CT molecular complexity index is 345. The molecule has 0 unspecified atom stereocenters. The molecule has 1 heterocycles. The Kier molecular flexibility index (Phi) is 4.21. The third kappa shape index (κ3) is 3.19. The molecule has 0 amide bonds. The van der Waals surface area contributed by atoms with Gasteiger partial charge in [0.2, 0.25) is 0 Å². The Morgan fingerprint density at radius 1 is 1.57 bits per heavy atom. The van der Waals surface area contributed by atoms with Crippen molar-refractivity contribution in [1.82, 2.24) is 4.98 Å². The molecule has 0 N–H and O–H groups in total. The summed E-state index contributed by atoms with van der Waals surface area (Å²) in [5.41, 5.74) is 0.623. The summed E-state index contributed by atoms with van der Waals surface area (Å²) in [5.74, 6) is 0.396. The Labute approximate surface area is 94.3 Å². The van der Waals surface area contributed by atoms with Gasteiger partial charge in [0, 0.05) is 6.26 Å². The van der Waals surface area contributed by atoms with Gasteiger partial charge in [0.1, 0.15) is 4.60 Å². The molecule has 4 nitrogen and oxygen atoms in total. The van der Waals surface area contributed by atoms with Crippen LogP contribution in [0.25, 0.3) is 0 Å². The highest BCUT2D eigenvalue weighted by molar-refractivity contribution is 9.10. The molecule has 0 atom stereocenters. The molecule has 1 aromatic heterocycles. The van der Waals surface area contributed by atoms with Gasteiger partial charge in [-0.3, -0.25) is 0 Å². The quantitative estimate of drug-likeness (QED) is 0.473. The lowest BCUT2D eigenvalue weighted by molar-refractivity contribution is 0.160. The molecule has 0 aliphatic heterocycles. The molecule has 6 heteroatoms. The van der Waals surface area contributed by atoms with Gasteiger partial charge in [0.15, 0.2) is 5.75 Å². The number of hydrogen-bond acceptors (Lipinski definition) is 5. The third-order valence-corrected chi connectivity index (χ3v) is 2.09. The lowest BCUT2D eigenvalue weighted by atomic mass is 10.3. The van der Waals surface area contributed by atoms with E-state index in [4.69, 9.17) is 4.74 Å². The van der Waals surface area contributed by atoms with Gasteiger partial charge in [-0.2, -0.15) is 0 Å². The summed E-state index contributed by atoms with van der Waals surface area (Å²) in [6.45, 7) is 1.74. The van der Waals surface area contributed by atoms with E-state index in [2.05, 4.69) is 25.1 Å². The van der Waals surface area contributed by atoms with E-state index in [1.165, 1.54) is 0 Å². The maximum Gasteiger partial charge on any atom is 0.526 e. The average molecular weight is 278 g/mol. The minimum Gasteiger partial charge on any atom is -0.392 e. The Hall–Kier alpha value is -0.750. The smallest absolute Gasteiger partial charge is 0.392 e. The predicted molar refractivity (Wildman–Crippen MR) is 57.3 cm³/mol. The first-order valence-corrected chi connectivity index (χ1v) is 5.63. The van der Waals surface area contributed by atoms with E-state index in [0.717, 1.165) is 12.0 Å². The molecule has 0 aromatic carbocycles. The number of nitrogens with zero attached hydrogens (tertiary/aromatic N) is 1. The Balaban J connectivity index is 2.72. The maximum absolute atomic E-state index is 10.9. The number of hydrogen-bond donors (Lipinski definition) is 0. The van der Waals surface area contributed by atoms with E-state index in [-0.39, 0.29) is 0 Å². The van der Waals surface area contributed by atoms with Crippen LogP contribution in [0.4, 0.5) is 4.79 Å². The predicted octanol–water partition coefficient (Wildman–Crippen LogP) is 2.95. The number of aromatic nitrogens is 1. The first-order chi connectivity index (χ1) is 6.63. The number of halogens is 1. The van der Waals surface area contributed by atoms with Gasteiger partial charge in [-0.15, -0.1) is 0 Å². The maximum atomic E-state index is 10.9. The summed E-state index contributed by atoms with van der Waals surface area (Å²) in [5, 5.41) is 0. The van der Waals surface area contributed by atoms with Crippen LogP contribution in [-0.4, -0.2) is 17.4 Å². The van der Waals surface area contributed by atoms with Crippen LogP contribution in [-0.2, 0) is 4.18 Å². The first kappa shape index (κ1) is 11.3. The van der Waals surface area contributed by atoms with Gasteiger partial charge in [-0.1, -0.05) is 0 Å². The molecule has 1 rings (SSSR count). The van der Waals surface area contributed by atoms with Crippen LogP contribution in [0.5, 0.6) is 5.75 Å². The summed E-state index contributed by atoms with van der Waals surface area (Å²) in [4.78, 5) is 15.0. The van der Waals surface area contributed by atoms with Crippen molar-refractivity contribution in [2.75, 3.05) is 6.26 Å². The molecule has 0 radical (unpaired) electrons. The molecule has 0 bridgehead atoms. The van der Waals surface area contributed by atoms with Crippen LogP contribution >= 0.6 is 28.0 Å². The second-order valence-electron chi connectivity index (χ2n) is 2.32. The summed E-state index contributed by atoms with van der Waals surface area (Å²) in [7, 11) is 0. The highest BCUT2D eigenvalue weighted by Crippen LogP contribution is 2.19. The van der Waals surface area contributed by atoms with Gasteiger partial charge >= 0.3 is 6.16 Å². The van der Waals surface area contributed by atoms with Crippen molar-refractivity contribution >= 4 is 34.1 Å². The lowest BCUT2D eigenvalue weighted by Crippen LogP contribution is -2.07. The van der Waals surface area contributed by atoms with E-state index >= 15 is 0 Å². The van der Waals surface area contributed by atoms with Crippen LogP contribution < -0.4 is 4.74 Å². The number of carbonyl (C=O) groups excluding carboxylic acids is 1. The molecule has 0 aliphatic rings. The molecule has 0 saturated carbocycles. The molecule has 1 aromatic rings. The average Bonchev–Trinajstić information content (AvgIpc) is 2.10. The van der Waals surface area contributed by atoms with Crippen molar-refractivity contribution in [3.05, 3.63) is 22.4 Å². The molecule has 76 valence electrons. The second-order valence-corrected chi connectivity index (χ2v) is 3.63. The fraction of sp³-hybridized carbons (Fsp3) is 0.250. The van der Waals surface area contributed by atoms with Gasteiger partial charge in [0.05, 0.1) is 17.7 Å². The molecule has 14 heavy (non-hydrogen) atoms. The number of aryl methyl sites for hydroxylation is 1. The number of carbonyl (C=O) groups is 1. The van der Waals surface area contributed by atoms with Gasteiger partial charge in [-0.05, 0) is 35.0 Å². The van der Waals surface area contributed by atoms with E-state index in [9.17, 15) is 4.79 Å². The molecule has 0 saturated heterocycles. The highest BCUT2D eigenvalue weighted by atomic mass is 79.9. The van der Waals surface area contributed by atoms with Crippen molar-refractivity contribution in [2.24, 2.45) is 0 Å². The van der Waals surface area contributed by atoms with Crippen LogP contribution in [0.3, 0.4) is 0 Å². The zero-order valence-corrected chi connectivity index (χ0v) is 10.0. The van der Waals surface area contributed by atoms with Crippen LogP contribution in [0.1, 0.15) is 5.69 Å². The van der Waals surface area contributed by atoms with Gasteiger partial charge < -0.3 is 8.92 Å². The topological polar surface area (TPSA) is 48.4 Å². The molecule has 0 fully saturated rings. The summed E-state index contributed by atoms with van der Waals surface area (Å²) in [6.07, 6.45) is 0.887. The number of rotatable bonds is 2. The Morgan fingerprint density at radius 2 is 2.29 bits per heavy atom. The van der Waals surface area contributed by atoms with Gasteiger partial charge in [-0.25, -0.2) is 9.78 Å². The van der Waals surface area contributed by atoms with E-state index < -0.39 is 6.16 Å². The van der Waals surface area contributed by atoms with Crippen molar-refractivity contribution in [3.63, 3.8) is 0 Å². The van der Waals surface area contributed by atoms with E-state index in [0.29, 0.717) is 16.0 Å². The van der Waals surface area contributed by atoms with Crippen molar-refractivity contribution in [1.29, 1.82) is 0 Å². The van der Waals surface area contributed by atoms with Crippen molar-refractivity contribution in [3.8, 4) is 5.75 Å². The number of pyridine rings is 1. The summed E-state index contributed by atoms with van der Waals surface area (Å²) >= 11 is 4.14. The molecule has 0 aliphatic carbocycles. The molecular weight excluding hydrogens is 270 g/mol. The molecule has 0 spiro atoms. The zero-order valence-electron chi connectivity index (χ0n) is 7.61. The minimum atomic E-state index is -0.746. The number of ether oxygens (including phenoxy) is 1. The van der Waals surface area contributed by atoms with Crippen LogP contribution in [0, 0.1) is 6.92 Å². The largest absolute Gasteiger partial charge is 0.526 e. The molecular formula is C8H8BrNO3S. The van der Waals surface area contributed by atoms with Gasteiger partial charge in [0.25, 0.3) is 0 Å². The van der Waals surface area contributed by atoms with Crippen molar-refractivity contribution in [2.45, 2.75) is 6.92 Å². The first-order valence-electron chi connectivity index (χ1n) is 3.69. The zero-order chi connectivity index (χ0) is 10.6. The van der Waals surface area contributed by atoms with E-state index in [1.807, 2.05) is 0 Å². The summed E-state index contributed by atoms with van der Waals surface area (Å²) < 4.78 is 10.1.